The van der Waals surface area contributed by atoms with E-state index in [1.807, 2.05) is 7.05 Å². The van der Waals surface area contributed by atoms with Gasteiger partial charge in [-0.2, -0.15) is 0 Å². The van der Waals surface area contributed by atoms with Crippen LogP contribution in [-0.2, 0) is 0 Å². The number of quaternary nitrogens is 1. The molecule has 1 heterocycles. The summed E-state index contributed by atoms with van der Waals surface area (Å²) in [5.41, 5.74) is 5.36. The van der Waals surface area contributed by atoms with Crippen LogP contribution in [0.2, 0.25) is 0 Å². The molecule has 0 aromatic rings. The monoisotopic (exact) mass is 88.1 g/mol. The van der Waals surface area contributed by atoms with Gasteiger partial charge in [-0.25, -0.2) is 0 Å². The molecule has 0 spiro atoms. The van der Waals surface area contributed by atoms with E-state index in [1.165, 1.54) is 0 Å². The van der Waals surface area contributed by atoms with E-state index in [0.717, 1.165) is 0 Å². The van der Waals surface area contributed by atoms with E-state index >= 15 is 0 Å². The number of rotatable bonds is 1. The third-order valence-corrected chi connectivity index (χ3v) is 1.04. The summed E-state index contributed by atoms with van der Waals surface area (Å²) >= 11 is 0. The Hall–Kier alpha value is -0.120. The first-order chi connectivity index (χ1) is 2.84. The summed E-state index contributed by atoms with van der Waals surface area (Å²) in [6.45, 7) is 0. The number of likely N-dealkylation sites (N-methyl/N-ethyl adjacent to an activating group) is 1. The average Bonchev–Trinajstić information content (AvgIpc) is 2.19. The SMILES string of the molecule is CNC1[NH2+]C1N. The highest BCUT2D eigenvalue weighted by Gasteiger charge is 2.37. The van der Waals surface area contributed by atoms with Crippen molar-refractivity contribution >= 4 is 0 Å². The van der Waals surface area contributed by atoms with Crippen LogP contribution in [0.3, 0.4) is 0 Å². The molecule has 2 atom stereocenters. The molecule has 0 aromatic heterocycles. The Labute approximate surface area is 36.9 Å². The zero-order valence-electron chi connectivity index (χ0n) is 3.81. The molecule has 3 heteroatoms. The molecule has 0 bridgehead atoms. The van der Waals surface area contributed by atoms with Crippen LogP contribution in [0.4, 0.5) is 0 Å². The van der Waals surface area contributed by atoms with Crippen LogP contribution in [0.25, 0.3) is 0 Å². The Morgan fingerprint density at radius 1 is 1.83 bits per heavy atom. The standard InChI is InChI=1S/C3H9N3/c1-5-3-2(4)6-3/h2-3,5-6H,4H2,1H3/p+1. The van der Waals surface area contributed by atoms with Crippen LogP contribution in [-0.4, -0.2) is 19.4 Å². The van der Waals surface area contributed by atoms with Gasteiger partial charge in [-0.05, 0) is 7.05 Å². The number of nitrogens with two attached hydrogens (primary N) is 2. The van der Waals surface area contributed by atoms with Crippen molar-refractivity contribution in [1.29, 1.82) is 0 Å². The predicted molar refractivity (Wildman–Crippen MR) is 22.7 cm³/mol. The Balaban J connectivity index is 2.09. The van der Waals surface area contributed by atoms with Gasteiger partial charge >= 0.3 is 0 Å². The summed E-state index contributed by atoms with van der Waals surface area (Å²) in [5.74, 6) is 0. The second-order valence-electron chi connectivity index (χ2n) is 1.58. The average molecular weight is 88.1 g/mol. The van der Waals surface area contributed by atoms with Gasteiger partial charge in [0.25, 0.3) is 0 Å². The second kappa shape index (κ2) is 1.18. The van der Waals surface area contributed by atoms with Crippen molar-refractivity contribution in [3.05, 3.63) is 0 Å². The van der Waals surface area contributed by atoms with Crippen molar-refractivity contribution in [2.24, 2.45) is 5.73 Å². The minimum Gasteiger partial charge on any atom is -0.304 e. The van der Waals surface area contributed by atoms with Gasteiger partial charge in [0.2, 0.25) is 12.3 Å². The first-order valence-corrected chi connectivity index (χ1v) is 2.12. The highest BCUT2D eigenvalue weighted by molar-refractivity contribution is 4.64. The Morgan fingerprint density at radius 3 is 2.33 bits per heavy atom. The fourth-order valence-corrected chi connectivity index (χ4v) is 0.464. The van der Waals surface area contributed by atoms with Crippen LogP contribution < -0.4 is 16.4 Å². The molecule has 1 aliphatic rings. The third-order valence-electron chi connectivity index (χ3n) is 1.04. The summed E-state index contributed by atoms with van der Waals surface area (Å²) < 4.78 is 0. The first-order valence-electron chi connectivity index (χ1n) is 2.12. The summed E-state index contributed by atoms with van der Waals surface area (Å²) in [5, 5.41) is 5.06. The molecule has 1 fully saturated rings. The number of hydrogen-bond acceptors (Lipinski definition) is 2. The zero-order chi connectivity index (χ0) is 4.57. The Bertz CT molecular complexity index is 52.0. The minimum absolute atomic E-state index is 0.329. The van der Waals surface area contributed by atoms with Gasteiger partial charge < -0.3 is 5.32 Å². The maximum absolute atomic E-state index is 5.36. The maximum atomic E-state index is 5.36. The molecule has 2 unspecified atom stereocenters. The van der Waals surface area contributed by atoms with Gasteiger partial charge in [0, 0.05) is 0 Å². The quantitative estimate of drug-likeness (QED) is 0.308. The lowest BCUT2D eigenvalue weighted by molar-refractivity contribution is -0.518. The fraction of sp³-hybridized carbons (Fsp3) is 1.00. The van der Waals surface area contributed by atoms with Crippen molar-refractivity contribution in [2.45, 2.75) is 12.3 Å². The Kier molecular flexibility index (Phi) is 0.799. The van der Waals surface area contributed by atoms with E-state index in [9.17, 15) is 0 Å². The fourth-order valence-electron chi connectivity index (χ4n) is 0.464. The minimum atomic E-state index is 0.329. The van der Waals surface area contributed by atoms with Crippen molar-refractivity contribution < 1.29 is 5.32 Å². The van der Waals surface area contributed by atoms with E-state index in [2.05, 4.69) is 10.6 Å². The summed E-state index contributed by atoms with van der Waals surface area (Å²) in [4.78, 5) is 0. The number of hydrogen-bond donors (Lipinski definition) is 3. The molecule has 0 amide bonds. The molecule has 0 saturated carbocycles. The van der Waals surface area contributed by atoms with E-state index in [0.29, 0.717) is 12.3 Å². The lowest BCUT2D eigenvalue weighted by Gasteiger charge is -1.75. The summed E-state index contributed by atoms with van der Waals surface area (Å²) in [7, 11) is 1.91. The maximum Gasteiger partial charge on any atom is 0.208 e. The molecule has 3 nitrogen and oxygen atoms in total. The predicted octanol–water partition coefficient (Wildman–Crippen LogP) is -2.61. The van der Waals surface area contributed by atoms with Gasteiger partial charge in [0.15, 0.2) is 0 Å². The molecule has 0 aromatic carbocycles. The first kappa shape index (κ1) is 4.05. The van der Waals surface area contributed by atoms with Crippen molar-refractivity contribution in [1.82, 2.24) is 5.32 Å². The van der Waals surface area contributed by atoms with Crippen molar-refractivity contribution in [3.8, 4) is 0 Å². The highest BCUT2D eigenvalue weighted by Crippen LogP contribution is 1.77. The van der Waals surface area contributed by atoms with E-state index in [4.69, 9.17) is 5.73 Å². The number of nitrogens with one attached hydrogen (secondary N) is 1. The van der Waals surface area contributed by atoms with Crippen LogP contribution >= 0.6 is 0 Å². The molecular formula is C3H10N3+. The smallest absolute Gasteiger partial charge is 0.208 e. The van der Waals surface area contributed by atoms with E-state index in [-0.39, 0.29) is 0 Å². The van der Waals surface area contributed by atoms with Crippen LogP contribution in [0.5, 0.6) is 0 Å². The molecule has 6 heavy (non-hydrogen) atoms. The molecule has 0 aliphatic carbocycles. The lowest BCUT2D eigenvalue weighted by Crippen LogP contribution is -2.66. The van der Waals surface area contributed by atoms with Gasteiger partial charge in [0.05, 0.1) is 0 Å². The molecule has 1 rings (SSSR count). The van der Waals surface area contributed by atoms with Gasteiger partial charge in [-0.3, -0.25) is 11.1 Å². The van der Waals surface area contributed by atoms with Crippen molar-refractivity contribution in [2.75, 3.05) is 7.05 Å². The van der Waals surface area contributed by atoms with E-state index < -0.39 is 0 Å². The normalized spacial score (nSPS) is 43.0. The lowest BCUT2D eigenvalue weighted by atomic mass is 10.7. The van der Waals surface area contributed by atoms with Crippen LogP contribution in [0.15, 0.2) is 0 Å². The van der Waals surface area contributed by atoms with E-state index in [1.54, 1.807) is 0 Å². The topological polar surface area (TPSA) is 54.7 Å². The summed E-state index contributed by atoms with van der Waals surface area (Å²) in [6.07, 6.45) is 0.833. The summed E-state index contributed by atoms with van der Waals surface area (Å²) in [6, 6.07) is 0. The molecule has 0 radical (unpaired) electrons. The highest BCUT2D eigenvalue weighted by atomic mass is 15.4. The third kappa shape index (κ3) is 0.518. The Morgan fingerprint density at radius 2 is 2.33 bits per heavy atom. The second-order valence-corrected chi connectivity index (χ2v) is 1.58. The van der Waals surface area contributed by atoms with Crippen LogP contribution in [0.1, 0.15) is 0 Å². The molecular weight excluding hydrogens is 78.1 g/mol. The molecule has 36 valence electrons. The molecule has 1 aliphatic heterocycles. The van der Waals surface area contributed by atoms with Crippen LogP contribution in [0, 0.1) is 0 Å². The molecule has 1 saturated heterocycles. The van der Waals surface area contributed by atoms with Gasteiger partial charge in [0.1, 0.15) is 0 Å². The van der Waals surface area contributed by atoms with Gasteiger partial charge in [-0.15, -0.1) is 0 Å². The largest absolute Gasteiger partial charge is 0.304 e. The van der Waals surface area contributed by atoms with Gasteiger partial charge in [-0.1, -0.05) is 0 Å². The zero-order valence-corrected chi connectivity index (χ0v) is 3.81. The van der Waals surface area contributed by atoms with Crippen molar-refractivity contribution in [3.63, 3.8) is 0 Å². The molecule has 5 N–H and O–H groups in total.